The predicted octanol–water partition coefficient (Wildman–Crippen LogP) is 1.94. The van der Waals surface area contributed by atoms with Crippen molar-refractivity contribution < 1.29 is 22.7 Å². The van der Waals surface area contributed by atoms with Gasteiger partial charge in [-0.2, -0.15) is 5.10 Å². The second-order valence-corrected chi connectivity index (χ2v) is 7.41. The minimum Gasteiger partial charge on any atom is -0.454 e. The van der Waals surface area contributed by atoms with Crippen molar-refractivity contribution in [2.24, 2.45) is 5.10 Å². The highest BCUT2D eigenvalue weighted by Gasteiger charge is 2.16. The van der Waals surface area contributed by atoms with Gasteiger partial charge in [-0.1, -0.05) is 12.1 Å². The molecular formula is C17H17N3O5S. The zero-order chi connectivity index (χ0) is 18.7. The summed E-state index contributed by atoms with van der Waals surface area (Å²) in [5.41, 5.74) is 4.66. The number of fused-ring (bicyclic) bond motifs is 1. The molecule has 2 aromatic rings. The van der Waals surface area contributed by atoms with Crippen molar-refractivity contribution in [2.75, 3.05) is 17.8 Å². The smallest absolute Gasteiger partial charge is 0.271 e. The summed E-state index contributed by atoms with van der Waals surface area (Å²) in [6.07, 6.45) is 1.08. The Balaban J connectivity index is 1.67. The maximum absolute atomic E-state index is 12.2. The van der Waals surface area contributed by atoms with E-state index in [1.54, 1.807) is 49.4 Å². The Morgan fingerprint density at radius 2 is 1.69 bits per heavy atom. The molecule has 0 aromatic heterocycles. The van der Waals surface area contributed by atoms with Gasteiger partial charge in [0.2, 0.25) is 16.8 Å². The largest absolute Gasteiger partial charge is 0.454 e. The van der Waals surface area contributed by atoms with E-state index in [0.717, 1.165) is 11.8 Å². The van der Waals surface area contributed by atoms with Crippen LogP contribution < -0.4 is 19.6 Å². The van der Waals surface area contributed by atoms with E-state index in [4.69, 9.17) is 9.47 Å². The lowest BCUT2D eigenvalue weighted by molar-refractivity contribution is 0.0954. The standard InChI is InChI=1S/C17H17N3O5S/c1-11(12-3-6-14(7-4-12)20-26(2,22)23)18-19-17(21)13-5-8-15-16(9-13)25-10-24-15/h3-9,20H,10H2,1-2H3,(H,19,21)/b18-11-. The Morgan fingerprint density at radius 1 is 1.04 bits per heavy atom. The van der Waals surface area contributed by atoms with E-state index in [1.807, 2.05) is 0 Å². The summed E-state index contributed by atoms with van der Waals surface area (Å²) in [5.74, 6) is 0.745. The number of nitrogens with one attached hydrogen (secondary N) is 2. The SMILES string of the molecule is C/C(=N/NC(=O)c1ccc2c(c1)OCO2)c1ccc(NS(C)(=O)=O)cc1. The van der Waals surface area contributed by atoms with Crippen LogP contribution >= 0.6 is 0 Å². The van der Waals surface area contributed by atoms with E-state index < -0.39 is 10.0 Å². The van der Waals surface area contributed by atoms with Crippen LogP contribution in [-0.4, -0.2) is 33.1 Å². The highest BCUT2D eigenvalue weighted by Crippen LogP contribution is 2.32. The molecule has 2 N–H and O–H groups in total. The molecule has 0 saturated heterocycles. The van der Waals surface area contributed by atoms with Crippen LogP contribution in [0.15, 0.2) is 47.6 Å². The number of amides is 1. The number of anilines is 1. The number of hydrazone groups is 1. The number of hydrogen-bond donors (Lipinski definition) is 2. The van der Waals surface area contributed by atoms with Crippen molar-refractivity contribution in [1.29, 1.82) is 0 Å². The molecule has 8 nitrogen and oxygen atoms in total. The van der Waals surface area contributed by atoms with E-state index >= 15 is 0 Å². The Kier molecular flexibility index (Phi) is 4.81. The van der Waals surface area contributed by atoms with E-state index in [-0.39, 0.29) is 12.7 Å². The van der Waals surface area contributed by atoms with Gasteiger partial charge in [-0.25, -0.2) is 13.8 Å². The van der Waals surface area contributed by atoms with Crippen LogP contribution in [0.4, 0.5) is 5.69 Å². The number of ether oxygens (including phenoxy) is 2. The number of sulfonamides is 1. The first-order valence-corrected chi connectivity index (χ1v) is 9.53. The van der Waals surface area contributed by atoms with Gasteiger partial charge in [0.25, 0.3) is 5.91 Å². The number of carbonyl (C=O) groups excluding carboxylic acids is 1. The Morgan fingerprint density at radius 3 is 2.38 bits per heavy atom. The van der Waals surface area contributed by atoms with E-state index in [1.165, 1.54) is 0 Å². The lowest BCUT2D eigenvalue weighted by Gasteiger charge is -2.06. The van der Waals surface area contributed by atoms with Gasteiger partial charge in [0.1, 0.15) is 0 Å². The topological polar surface area (TPSA) is 106 Å². The van der Waals surface area contributed by atoms with Crippen LogP contribution in [0.2, 0.25) is 0 Å². The first-order valence-electron chi connectivity index (χ1n) is 7.64. The number of carbonyl (C=O) groups is 1. The van der Waals surface area contributed by atoms with Gasteiger partial charge in [0, 0.05) is 11.3 Å². The third-order valence-electron chi connectivity index (χ3n) is 3.57. The highest BCUT2D eigenvalue weighted by molar-refractivity contribution is 7.92. The second kappa shape index (κ2) is 7.04. The molecule has 0 spiro atoms. The molecule has 0 aliphatic carbocycles. The van der Waals surface area contributed by atoms with Crippen LogP contribution in [0, 0.1) is 0 Å². The van der Waals surface area contributed by atoms with Crippen molar-refractivity contribution in [3.8, 4) is 11.5 Å². The molecule has 3 rings (SSSR count). The molecule has 0 atom stereocenters. The molecule has 1 aliphatic heterocycles. The van der Waals surface area contributed by atoms with Crippen molar-refractivity contribution in [3.05, 3.63) is 53.6 Å². The van der Waals surface area contributed by atoms with E-state index in [2.05, 4.69) is 15.2 Å². The normalized spacial score (nSPS) is 13.4. The third kappa shape index (κ3) is 4.31. The fraction of sp³-hybridized carbons (Fsp3) is 0.176. The quantitative estimate of drug-likeness (QED) is 0.614. The number of rotatable bonds is 5. The van der Waals surface area contributed by atoms with Crippen LogP contribution in [0.25, 0.3) is 0 Å². The van der Waals surface area contributed by atoms with Crippen molar-refractivity contribution in [3.63, 3.8) is 0 Å². The number of hydrogen-bond acceptors (Lipinski definition) is 6. The Labute approximate surface area is 150 Å². The Hall–Kier alpha value is -3.07. The van der Waals surface area contributed by atoms with Crippen LogP contribution in [0.5, 0.6) is 11.5 Å². The van der Waals surface area contributed by atoms with Gasteiger partial charge < -0.3 is 9.47 Å². The minimum atomic E-state index is -3.32. The molecule has 0 fully saturated rings. The first-order chi connectivity index (χ1) is 12.3. The molecule has 26 heavy (non-hydrogen) atoms. The lowest BCUT2D eigenvalue weighted by atomic mass is 10.1. The summed E-state index contributed by atoms with van der Waals surface area (Å²) in [4.78, 5) is 12.2. The molecule has 0 radical (unpaired) electrons. The molecule has 0 bridgehead atoms. The van der Waals surface area contributed by atoms with E-state index in [9.17, 15) is 13.2 Å². The summed E-state index contributed by atoms with van der Waals surface area (Å²) in [6, 6.07) is 11.5. The average Bonchev–Trinajstić information content (AvgIpc) is 3.06. The van der Waals surface area contributed by atoms with Crippen molar-refractivity contribution in [1.82, 2.24) is 5.43 Å². The molecule has 1 heterocycles. The van der Waals surface area contributed by atoms with Gasteiger partial charge in [0.05, 0.1) is 12.0 Å². The van der Waals surface area contributed by atoms with Crippen LogP contribution in [0.1, 0.15) is 22.8 Å². The minimum absolute atomic E-state index is 0.141. The summed E-state index contributed by atoms with van der Waals surface area (Å²) in [6.45, 7) is 1.88. The monoisotopic (exact) mass is 375 g/mol. The van der Waals surface area contributed by atoms with Gasteiger partial charge in [-0.3, -0.25) is 9.52 Å². The third-order valence-corrected chi connectivity index (χ3v) is 4.17. The van der Waals surface area contributed by atoms with Crippen LogP contribution in [0.3, 0.4) is 0 Å². The van der Waals surface area contributed by atoms with Gasteiger partial charge in [-0.05, 0) is 42.8 Å². The summed E-state index contributed by atoms with van der Waals surface area (Å²) in [7, 11) is -3.32. The van der Waals surface area contributed by atoms with E-state index in [0.29, 0.717) is 28.5 Å². The molecule has 1 amide bonds. The highest BCUT2D eigenvalue weighted by atomic mass is 32.2. The molecule has 2 aromatic carbocycles. The first kappa shape index (κ1) is 17.7. The fourth-order valence-corrected chi connectivity index (χ4v) is 2.86. The molecule has 9 heteroatoms. The van der Waals surface area contributed by atoms with Crippen LogP contribution in [-0.2, 0) is 10.0 Å². The predicted molar refractivity (Wildman–Crippen MR) is 97.2 cm³/mol. The maximum Gasteiger partial charge on any atom is 0.271 e. The van der Waals surface area contributed by atoms with Gasteiger partial charge in [0.15, 0.2) is 11.5 Å². The number of benzene rings is 2. The molecule has 136 valence electrons. The second-order valence-electron chi connectivity index (χ2n) is 5.66. The van der Waals surface area contributed by atoms with Gasteiger partial charge >= 0.3 is 0 Å². The molecule has 0 saturated carbocycles. The summed E-state index contributed by atoms with van der Waals surface area (Å²) in [5, 5.41) is 4.07. The molecule has 1 aliphatic rings. The maximum atomic E-state index is 12.2. The molecular weight excluding hydrogens is 358 g/mol. The zero-order valence-electron chi connectivity index (χ0n) is 14.1. The fourth-order valence-electron chi connectivity index (χ4n) is 2.30. The summed E-state index contributed by atoms with van der Waals surface area (Å²) < 4.78 is 35.2. The van der Waals surface area contributed by atoms with Crippen molar-refractivity contribution >= 4 is 27.3 Å². The Bertz CT molecular complexity index is 968. The molecule has 0 unspecified atom stereocenters. The number of nitrogens with zero attached hydrogens (tertiary/aromatic N) is 1. The zero-order valence-corrected chi connectivity index (χ0v) is 15.0. The lowest BCUT2D eigenvalue weighted by Crippen LogP contribution is -2.19. The average molecular weight is 375 g/mol. The summed E-state index contributed by atoms with van der Waals surface area (Å²) >= 11 is 0. The van der Waals surface area contributed by atoms with Crippen molar-refractivity contribution in [2.45, 2.75) is 6.92 Å². The van der Waals surface area contributed by atoms with Gasteiger partial charge in [-0.15, -0.1) is 0 Å².